The number of nitrogens with zero attached hydrogens (tertiary/aromatic N) is 2. The number of ether oxygens (including phenoxy) is 1. The number of amides is 3. The molecule has 7 heteroatoms. The third-order valence-corrected chi connectivity index (χ3v) is 5.18. The van der Waals surface area contributed by atoms with Crippen molar-refractivity contribution in [1.82, 2.24) is 15.1 Å². The van der Waals surface area contributed by atoms with E-state index in [1.807, 2.05) is 18.7 Å². The van der Waals surface area contributed by atoms with Crippen LogP contribution in [0.1, 0.15) is 38.3 Å². The number of hydrogen-bond acceptors (Lipinski definition) is 3. The van der Waals surface area contributed by atoms with Crippen molar-refractivity contribution in [2.75, 3.05) is 32.8 Å². The maximum absolute atomic E-state index is 13.3. The van der Waals surface area contributed by atoms with Gasteiger partial charge in [0.15, 0.2) is 0 Å². The molecule has 6 nitrogen and oxygen atoms in total. The molecule has 148 valence electrons. The first-order chi connectivity index (χ1) is 13.0. The molecule has 0 aliphatic carbocycles. The Morgan fingerprint density at radius 3 is 2.44 bits per heavy atom. The second-order valence-corrected chi connectivity index (χ2v) is 7.54. The standard InChI is InChI=1S/C20H28FN3O3/c1-14(2)22-20(26)24-13-16(19(25)23-9-11-27-12-10-23)5-8-18(24)15-3-6-17(21)7-4-15/h3-4,6-7,14,16,18H,5,8-13H2,1-2H3,(H,22,26)/t16-,18-/m1/s1. The fourth-order valence-corrected chi connectivity index (χ4v) is 3.80. The van der Waals surface area contributed by atoms with E-state index in [4.69, 9.17) is 4.74 Å². The zero-order valence-electron chi connectivity index (χ0n) is 16.0. The second kappa shape index (κ2) is 8.69. The molecule has 2 aliphatic rings. The minimum Gasteiger partial charge on any atom is -0.378 e. The summed E-state index contributed by atoms with van der Waals surface area (Å²) in [5.41, 5.74) is 0.896. The fraction of sp³-hybridized carbons (Fsp3) is 0.600. The van der Waals surface area contributed by atoms with Crippen molar-refractivity contribution in [3.63, 3.8) is 0 Å². The minimum atomic E-state index is -0.298. The predicted octanol–water partition coefficient (Wildman–Crippen LogP) is 2.56. The van der Waals surface area contributed by atoms with E-state index in [9.17, 15) is 14.0 Å². The van der Waals surface area contributed by atoms with Gasteiger partial charge in [0.25, 0.3) is 0 Å². The van der Waals surface area contributed by atoms with Crippen LogP contribution in [0.2, 0.25) is 0 Å². The Bertz CT molecular complexity index is 659. The largest absolute Gasteiger partial charge is 0.378 e. The Balaban J connectivity index is 1.77. The molecule has 3 rings (SSSR count). The summed E-state index contributed by atoms with van der Waals surface area (Å²) in [6.07, 6.45) is 1.39. The number of carbonyl (C=O) groups is 2. The summed E-state index contributed by atoms with van der Waals surface area (Å²) in [5, 5.41) is 2.93. The van der Waals surface area contributed by atoms with Gasteiger partial charge < -0.3 is 19.9 Å². The Labute approximate surface area is 159 Å². The molecule has 0 spiro atoms. The van der Waals surface area contributed by atoms with E-state index < -0.39 is 0 Å². The van der Waals surface area contributed by atoms with Crippen LogP contribution in [0.5, 0.6) is 0 Å². The van der Waals surface area contributed by atoms with Crippen LogP contribution in [0.3, 0.4) is 0 Å². The average Bonchev–Trinajstić information content (AvgIpc) is 2.68. The van der Waals surface area contributed by atoms with Crippen molar-refractivity contribution in [1.29, 1.82) is 0 Å². The summed E-state index contributed by atoms with van der Waals surface area (Å²) >= 11 is 0. The van der Waals surface area contributed by atoms with E-state index in [1.54, 1.807) is 17.0 Å². The van der Waals surface area contributed by atoms with E-state index in [0.717, 1.165) is 5.56 Å². The van der Waals surface area contributed by atoms with Gasteiger partial charge in [-0.25, -0.2) is 9.18 Å². The molecule has 2 atom stereocenters. The maximum Gasteiger partial charge on any atom is 0.318 e. The van der Waals surface area contributed by atoms with Crippen LogP contribution < -0.4 is 5.32 Å². The zero-order valence-corrected chi connectivity index (χ0v) is 16.0. The van der Waals surface area contributed by atoms with Crippen LogP contribution in [0.15, 0.2) is 24.3 Å². The van der Waals surface area contributed by atoms with Gasteiger partial charge in [-0.15, -0.1) is 0 Å². The first kappa shape index (κ1) is 19.6. The summed E-state index contributed by atoms with van der Waals surface area (Å²) < 4.78 is 18.6. The van der Waals surface area contributed by atoms with Gasteiger partial charge in [0.05, 0.1) is 25.2 Å². The first-order valence-electron chi connectivity index (χ1n) is 9.65. The highest BCUT2D eigenvalue weighted by Crippen LogP contribution is 2.34. The molecule has 0 unspecified atom stereocenters. The number of piperidine rings is 1. The number of carbonyl (C=O) groups excluding carboxylic acids is 2. The Morgan fingerprint density at radius 1 is 1.15 bits per heavy atom. The van der Waals surface area contributed by atoms with Gasteiger partial charge in [-0.2, -0.15) is 0 Å². The fourth-order valence-electron chi connectivity index (χ4n) is 3.80. The molecule has 3 amide bonds. The number of nitrogens with one attached hydrogen (secondary N) is 1. The normalized spacial score (nSPS) is 23.4. The van der Waals surface area contributed by atoms with Crippen molar-refractivity contribution in [2.45, 2.75) is 38.8 Å². The number of likely N-dealkylation sites (tertiary alicyclic amines) is 1. The highest BCUT2D eigenvalue weighted by Gasteiger charge is 2.37. The summed E-state index contributed by atoms with van der Waals surface area (Å²) in [6, 6.07) is 5.94. The van der Waals surface area contributed by atoms with Crippen LogP contribution >= 0.6 is 0 Å². The van der Waals surface area contributed by atoms with Gasteiger partial charge in [-0.3, -0.25) is 4.79 Å². The Morgan fingerprint density at radius 2 is 1.81 bits per heavy atom. The second-order valence-electron chi connectivity index (χ2n) is 7.54. The van der Waals surface area contributed by atoms with Gasteiger partial charge in [0.2, 0.25) is 5.91 Å². The molecular weight excluding hydrogens is 349 g/mol. The van der Waals surface area contributed by atoms with Crippen molar-refractivity contribution in [2.24, 2.45) is 5.92 Å². The van der Waals surface area contributed by atoms with E-state index in [-0.39, 0.29) is 35.8 Å². The van der Waals surface area contributed by atoms with E-state index in [0.29, 0.717) is 45.7 Å². The quantitative estimate of drug-likeness (QED) is 0.881. The summed E-state index contributed by atoms with van der Waals surface area (Å²) in [6.45, 7) is 6.53. The van der Waals surface area contributed by atoms with Gasteiger partial charge >= 0.3 is 6.03 Å². The number of hydrogen-bond donors (Lipinski definition) is 1. The molecule has 0 bridgehead atoms. The molecule has 1 aromatic rings. The van der Waals surface area contributed by atoms with Crippen molar-refractivity contribution in [3.8, 4) is 0 Å². The topological polar surface area (TPSA) is 61.9 Å². The van der Waals surface area contributed by atoms with Gasteiger partial charge in [-0.1, -0.05) is 12.1 Å². The molecule has 2 heterocycles. The molecule has 1 N–H and O–H groups in total. The smallest absolute Gasteiger partial charge is 0.318 e. The molecule has 1 aromatic carbocycles. The number of rotatable bonds is 3. The Hall–Kier alpha value is -2.15. The Kier molecular flexibility index (Phi) is 6.31. The lowest BCUT2D eigenvalue weighted by Crippen LogP contribution is -2.53. The summed E-state index contributed by atoms with van der Waals surface area (Å²) in [5.74, 6) is -0.413. The zero-order chi connectivity index (χ0) is 19.4. The summed E-state index contributed by atoms with van der Waals surface area (Å²) in [4.78, 5) is 29.3. The molecule has 0 radical (unpaired) electrons. The lowest BCUT2D eigenvalue weighted by atomic mass is 9.88. The number of morpholine rings is 1. The lowest BCUT2D eigenvalue weighted by Gasteiger charge is -2.41. The minimum absolute atomic E-state index is 0.00156. The van der Waals surface area contributed by atoms with Crippen LogP contribution in [0.25, 0.3) is 0 Å². The first-order valence-corrected chi connectivity index (χ1v) is 9.65. The molecule has 2 fully saturated rings. The van der Waals surface area contributed by atoms with Gasteiger partial charge in [-0.05, 0) is 44.4 Å². The number of benzene rings is 1. The van der Waals surface area contributed by atoms with Crippen LogP contribution in [0, 0.1) is 11.7 Å². The molecule has 27 heavy (non-hydrogen) atoms. The molecule has 0 saturated carbocycles. The van der Waals surface area contributed by atoms with Crippen molar-refractivity contribution in [3.05, 3.63) is 35.6 Å². The van der Waals surface area contributed by atoms with Crippen molar-refractivity contribution < 1.29 is 18.7 Å². The van der Waals surface area contributed by atoms with Crippen LogP contribution in [0.4, 0.5) is 9.18 Å². The number of halogens is 1. The van der Waals surface area contributed by atoms with E-state index >= 15 is 0 Å². The highest BCUT2D eigenvalue weighted by molar-refractivity contribution is 5.81. The lowest BCUT2D eigenvalue weighted by molar-refractivity contribution is -0.141. The monoisotopic (exact) mass is 377 g/mol. The van der Waals surface area contributed by atoms with Crippen LogP contribution in [-0.4, -0.2) is 60.6 Å². The van der Waals surface area contributed by atoms with Crippen molar-refractivity contribution >= 4 is 11.9 Å². The number of urea groups is 1. The average molecular weight is 377 g/mol. The third-order valence-electron chi connectivity index (χ3n) is 5.18. The molecule has 0 aromatic heterocycles. The molecule has 2 aliphatic heterocycles. The maximum atomic E-state index is 13.3. The van der Waals surface area contributed by atoms with Gasteiger partial charge in [0, 0.05) is 25.7 Å². The van der Waals surface area contributed by atoms with E-state index in [1.165, 1.54) is 12.1 Å². The third kappa shape index (κ3) is 4.77. The predicted molar refractivity (Wildman–Crippen MR) is 99.6 cm³/mol. The molecule has 2 saturated heterocycles. The van der Waals surface area contributed by atoms with Gasteiger partial charge in [0.1, 0.15) is 5.82 Å². The van der Waals surface area contributed by atoms with Crippen LogP contribution in [-0.2, 0) is 9.53 Å². The molecular formula is C20H28FN3O3. The SMILES string of the molecule is CC(C)NC(=O)N1C[C@H](C(=O)N2CCOCC2)CC[C@@H]1c1ccc(F)cc1. The summed E-state index contributed by atoms with van der Waals surface area (Å²) in [7, 11) is 0. The van der Waals surface area contributed by atoms with E-state index in [2.05, 4.69) is 5.32 Å². The highest BCUT2D eigenvalue weighted by atomic mass is 19.1.